The van der Waals surface area contributed by atoms with E-state index in [0.717, 1.165) is 6.08 Å². The van der Waals surface area contributed by atoms with Gasteiger partial charge in [0.05, 0.1) is 5.92 Å². The number of hydrogen-bond donors (Lipinski definition) is 0. The Morgan fingerprint density at radius 2 is 1.94 bits per heavy atom. The van der Waals surface area contributed by atoms with Gasteiger partial charge in [0.25, 0.3) is 0 Å². The van der Waals surface area contributed by atoms with Crippen molar-refractivity contribution in [2.45, 2.75) is 39.0 Å². The lowest BCUT2D eigenvalue weighted by Crippen LogP contribution is -2.33. The van der Waals surface area contributed by atoms with Crippen molar-refractivity contribution in [1.29, 1.82) is 0 Å². The van der Waals surface area contributed by atoms with Crippen LogP contribution in [-0.2, 0) is 9.53 Å². The molecule has 0 aromatic heterocycles. The Kier molecular flexibility index (Phi) is 4.15. The number of hydrogen-bond acceptors (Lipinski definition) is 2. The minimum absolute atomic E-state index is 0.0119. The molecule has 0 aromatic carbocycles. The first kappa shape index (κ1) is 15.1. The number of esters is 1. The van der Waals surface area contributed by atoms with E-state index in [0.29, 0.717) is 0 Å². The van der Waals surface area contributed by atoms with E-state index in [1.54, 1.807) is 20.8 Å². The molecule has 0 aromatic rings. The summed E-state index contributed by atoms with van der Waals surface area (Å²) in [5, 5.41) is -0.0119. The van der Waals surface area contributed by atoms with Crippen LogP contribution in [0, 0.1) is 5.92 Å². The summed E-state index contributed by atoms with van der Waals surface area (Å²) < 4.78 is 43.4. The summed E-state index contributed by atoms with van der Waals surface area (Å²) in [6.45, 7) is 4.81. The maximum atomic E-state index is 12.8. The van der Waals surface area contributed by atoms with Gasteiger partial charge in [-0.1, -0.05) is 17.7 Å². The van der Waals surface area contributed by atoms with E-state index in [-0.39, 0.29) is 11.5 Å². The summed E-state index contributed by atoms with van der Waals surface area (Å²) in [6.07, 6.45) is -2.53. The third-order valence-corrected chi connectivity index (χ3v) is 2.50. The number of ether oxygens (including phenoxy) is 1. The van der Waals surface area contributed by atoms with Crippen LogP contribution in [0.5, 0.6) is 0 Å². The second-order valence-corrected chi connectivity index (χ2v) is 5.44. The Morgan fingerprint density at radius 3 is 2.39 bits per heavy atom. The van der Waals surface area contributed by atoms with Crippen LogP contribution in [0.1, 0.15) is 27.2 Å². The molecule has 6 heteroatoms. The van der Waals surface area contributed by atoms with Crippen LogP contribution in [0.3, 0.4) is 0 Å². The standard InChI is InChI=1S/C12H14ClF3O2/c1-11(2,3)18-10(17)8-5-4-7(13)6-9(8)12(14,15)16/h4,6,8H,5H2,1-3H3. The fourth-order valence-corrected chi connectivity index (χ4v) is 1.75. The van der Waals surface area contributed by atoms with E-state index in [9.17, 15) is 18.0 Å². The smallest absolute Gasteiger partial charge is 0.413 e. The van der Waals surface area contributed by atoms with Crippen molar-refractivity contribution >= 4 is 17.6 Å². The molecule has 1 aliphatic rings. The van der Waals surface area contributed by atoms with Crippen LogP contribution in [0.2, 0.25) is 0 Å². The molecular weight excluding hydrogens is 269 g/mol. The van der Waals surface area contributed by atoms with Gasteiger partial charge in [-0.3, -0.25) is 4.79 Å². The number of alkyl halides is 3. The normalized spacial score (nSPS) is 21.2. The first-order chi connectivity index (χ1) is 8.00. The van der Waals surface area contributed by atoms with Gasteiger partial charge in [0.1, 0.15) is 5.60 Å². The van der Waals surface area contributed by atoms with E-state index < -0.39 is 29.2 Å². The molecule has 18 heavy (non-hydrogen) atoms. The largest absolute Gasteiger partial charge is 0.459 e. The van der Waals surface area contributed by atoms with Gasteiger partial charge in [-0.15, -0.1) is 0 Å². The van der Waals surface area contributed by atoms with Gasteiger partial charge in [-0.25, -0.2) is 0 Å². The Balaban J connectivity index is 2.96. The Morgan fingerprint density at radius 1 is 1.39 bits per heavy atom. The molecule has 0 aliphatic heterocycles. The van der Waals surface area contributed by atoms with Gasteiger partial charge in [-0.05, 0) is 33.3 Å². The van der Waals surface area contributed by atoms with E-state index in [4.69, 9.17) is 16.3 Å². The third-order valence-electron chi connectivity index (χ3n) is 2.24. The maximum absolute atomic E-state index is 12.8. The van der Waals surface area contributed by atoms with Gasteiger partial charge in [-0.2, -0.15) is 13.2 Å². The molecule has 0 spiro atoms. The van der Waals surface area contributed by atoms with Crippen molar-refractivity contribution in [3.63, 3.8) is 0 Å². The Hall–Kier alpha value is -0.970. The summed E-state index contributed by atoms with van der Waals surface area (Å²) >= 11 is 5.55. The van der Waals surface area contributed by atoms with Gasteiger partial charge < -0.3 is 4.74 Å². The van der Waals surface area contributed by atoms with E-state index >= 15 is 0 Å². The van der Waals surface area contributed by atoms with Crippen LogP contribution >= 0.6 is 11.6 Å². The monoisotopic (exact) mass is 282 g/mol. The first-order valence-corrected chi connectivity index (χ1v) is 5.76. The molecule has 0 bridgehead atoms. The number of carbonyl (C=O) groups is 1. The quantitative estimate of drug-likeness (QED) is 0.681. The summed E-state index contributed by atoms with van der Waals surface area (Å²) in [5.74, 6) is -2.22. The summed E-state index contributed by atoms with van der Waals surface area (Å²) in [4.78, 5) is 11.7. The highest BCUT2D eigenvalue weighted by Crippen LogP contribution is 2.38. The fourth-order valence-electron chi connectivity index (χ4n) is 1.54. The molecule has 0 amide bonds. The highest BCUT2D eigenvalue weighted by atomic mass is 35.5. The average molecular weight is 283 g/mol. The second kappa shape index (κ2) is 4.96. The molecule has 102 valence electrons. The lowest BCUT2D eigenvalue weighted by atomic mass is 9.90. The number of carbonyl (C=O) groups excluding carboxylic acids is 1. The van der Waals surface area contributed by atoms with Crippen molar-refractivity contribution in [3.8, 4) is 0 Å². The minimum atomic E-state index is -4.59. The zero-order valence-corrected chi connectivity index (χ0v) is 11.0. The number of allylic oxidation sites excluding steroid dienone is 3. The Labute approximate surface area is 108 Å². The van der Waals surface area contributed by atoms with Gasteiger partial charge in [0.15, 0.2) is 0 Å². The summed E-state index contributed by atoms with van der Waals surface area (Å²) in [6, 6.07) is 0. The number of halogens is 4. The predicted octanol–water partition coefficient (Wildman–Crippen LogP) is 3.96. The predicted molar refractivity (Wildman–Crippen MR) is 62.0 cm³/mol. The molecule has 0 saturated carbocycles. The second-order valence-electron chi connectivity index (χ2n) is 5.01. The molecule has 1 aliphatic carbocycles. The van der Waals surface area contributed by atoms with Gasteiger partial charge in [0.2, 0.25) is 0 Å². The molecule has 0 heterocycles. The van der Waals surface area contributed by atoms with Crippen LogP contribution < -0.4 is 0 Å². The maximum Gasteiger partial charge on any atom is 0.413 e. The van der Waals surface area contributed by atoms with Crippen LogP contribution in [0.25, 0.3) is 0 Å². The zero-order chi connectivity index (χ0) is 14.1. The van der Waals surface area contributed by atoms with Gasteiger partial charge in [0, 0.05) is 10.6 Å². The molecule has 0 N–H and O–H groups in total. The molecule has 1 rings (SSSR count). The molecular formula is C12H14ClF3O2. The highest BCUT2D eigenvalue weighted by molar-refractivity contribution is 6.31. The lowest BCUT2D eigenvalue weighted by molar-refractivity contribution is -0.163. The van der Waals surface area contributed by atoms with Crippen LogP contribution in [0.15, 0.2) is 22.8 Å². The molecule has 0 saturated heterocycles. The van der Waals surface area contributed by atoms with Crippen molar-refractivity contribution < 1.29 is 22.7 Å². The van der Waals surface area contributed by atoms with Crippen molar-refractivity contribution in [2.75, 3.05) is 0 Å². The molecule has 0 fully saturated rings. The van der Waals surface area contributed by atoms with Crippen LogP contribution in [-0.4, -0.2) is 17.7 Å². The zero-order valence-electron chi connectivity index (χ0n) is 10.3. The fraction of sp³-hybridized carbons (Fsp3) is 0.583. The Bertz CT molecular complexity index is 403. The van der Waals surface area contributed by atoms with Crippen molar-refractivity contribution in [3.05, 3.63) is 22.8 Å². The molecule has 1 unspecified atom stereocenters. The van der Waals surface area contributed by atoms with Gasteiger partial charge >= 0.3 is 12.1 Å². The highest BCUT2D eigenvalue weighted by Gasteiger charge is 2.43. The molecule has 0 radical (unpaired) electrons. The first-order valence-electron chi connectivity index (χ1n) is 5.38. The number of rotatable bonds is 1. The molecule has 2 nitrogen and oxygen atoms in total. The third kappa shape index (κ3) is 4.05. The van der Waals surface area contributed by atoms with E-state index in [2.05, 4.69) is 0 Å². The lowest BCUT2D eigenvalue weighted by Gasteiger charge is -2.27. The summed E-state index contributed by atoms with van der Waals surface area (Å²) in [5.41, 5.74) is -1.78. The average Bonchev–Trinajstić information content (AvgIpc) is 2.13. The molecule has 1 atom stereocenters. The minimum Gasteiger partial charge on any atom is -0.459 e. The SMILES string of the molecule is CC(C)(C)OC(=O)C1CC=C(Cl)C=C1C(F)(F)F. The summed E-state index contributed by atoms with van der Waals surface area (Å²) in [7, 11) is 0. The van der Waals surface area contributed by atoms with E-state index in [1.807, 2.05) is 0 Å². The van der Waals surface area contributed by atoms with Crippen molar-refractivity contribution in [2.24, 2.45) is 5.92 Å². The van der Waals surface area contributed by atoms with E-state index in [1.165, 1.54) is 6.08 Å². The topological polar surface area (TPSA) is 26.3 Å². The van der Waals surface area contributed by atoms with Crippen LogP contribution in [0.4, 0.5) is 13.2 Å². The van der Waals surface area contributed by atoms with Crippen molar-refractivity contribution in [1.82, 2.24) is 0 Å².